The Morgan fingerprint density at radius 3 is 2.79 bits per heavy atom. The summed E-state index contributed by atoms with van der Waals surface area (Å²) in [4.78, 5) is 15.4. The molecule has 1 fully saturated rings. The van der Waals surface area contributed by atoms with E-state index < -0.39 is 0 Å². The fourth-order valence-corrected chi connectivity index (χ4v) is 1.81. The summed E-state index contributed by atoms with van der Waals surface area (Å²) in [6.45, 7) is 0.711. The molecule has 0 saturated heterocycles. The van der Waals surface area contributed by atoms with E-state index >= 15 is 0 Å². The molecular formula is C9H10Cl2N2O. The molecule has 0 bridgehead atoms. The third kappa shape index (κ3) is 1.79. The molecule has 0 aromatic carbocycles. The van der Waals surface area contributed by atoms with Crippen LogP contribution in [0.15, 0.2) is 11.1 Å². The van der Waals surface area contributed by atoms with Gasteiger partial charge in [0.15, 0.2) is 5.15 Å². The minimum absolute atomic E-state index is 0.0218. The normalized spacial score (nSPS) is 16.7. The van der Waals surface area contributed by atoms with Gasteiger partial charge in [-0.25, -0.2) is 4.98 Å². The number of hydrogen-bond acceptors (Lipinski definition) is 2. The number of rotatable bonds is 2. The zero-order valence-electron chi connectivity index (χ0n) is 7.54. The first-order chi connectivity index (χ1) is 6.68. The van der Waals surface area contributed by atoms with Gasteiger partial charge in [-0.1, -0.05) is 29.6 Å². The lowest BCUT2D eigenvalue weighted by atomic mass is 9.85. The van der Waals surface area contributed by atoms with Crippen molar-refractivity contribution >= 4 is 23.2 Å². The maximum Gasteiger partial charge on any atom is 0.273 e. The first-order valence-corrected chi connectivity index (χ1v) is 5.34. The molecular weight excluding hydrogens is 223 g/mol. The summed E-state index contributed by atoms with van der Waals surface area (Å²) in [6.07, 6.45) is 5.10. The molecule has 1 aromatic heterocycles. The molecule has 0 N–H and O–H groups in total. The molecule has 0 radical (unpaired) electrons. The first-order valence-electron chi connectivity index (χ1n) is 4.59. The van der Waals surface area contributed by atoms with Gasteiger partial charge in [-0.05, 0) is 18.8 Å². The molecule has 14 heavy (non-hydrogen) atoms. The molecule has 1 saturated carbocycles. The minimum Gasteiger partial charge on any atom is -0.298 e. The van der Waals surface area contributed by atoms with Crippen molar-refractivity contribution in [1.82, 2.24) is 9.55 Å². The lowest BCUT2D eigenvalue weighted by Gasteiger charge is -2.25. The third-order valence-corrected chi connectivity index (χ3v) is 3.34. The summed E-state index contributed by atoms with van der Waals surface area (Å²) in [5.41, 5.74) is -0.237. The van der Waals surface area contributed by atoms with Crippen molar-refractivity contribution < 1.29 is 0 Å². The summed E-state index contributed by atoms with van der Waals surface area (Å²) in [7, 11) is 0. The highest BCUT2D eigenvalue weighted by atomic mass is 35.5. The number of aromatic nitrogens is 2. The van der Waals surface area contributed by atoms with Gasteiger partial charge < -0.3 is 0 Å². The molecule has 1 heterocycles. The molecule has 1 aliphatic carbocycles. The fourth-order valence-electron chi connectivity index (χ4n) is 1.53. The van der Waals surface area contributed by atoms with Gasteiger partial charge in [0.25, 0.3) is 5.56 Å². The number of nitrogens with zero attached hydrogens (tertiary/aromatic N) is 2. The Kier molecular flexibility index (Phi) is 2.79. The molecule has 2 rings (SSSR count). The summed E-state index contributed by atoms with van der Waals surface area (Å²) in [6, 6.07) is 0. The van der Waals surface area contributed by atoms with E-state index in [1.165, 1.54) is 30.2 Å². The van der Waals surface area contributed by atoms with Crippen LogP contribution in [0, 0.1) is 5.92 Å². The maximum absolute atomic E-state index is 11.6. The topological polar surface area (TPSA) is 34.9 Å². The molecule has 1 aliphatic rings. The van der Waals surface area contributed by atoms with E-state index in [1.54, 1.807) is 0 Å². The van der Waals surface area contributed by atoms with Gasteiger partial charge in [0, 0.05) is 6.54 Å². The van der Waals surface area contributed by atoms with Crippen LogP contribution in [0.5, 0.6) is 0 Å². The van der Waals surface area contributed by atoms with Gasteiger partial charge in [-0.2, -0.15) is 0 Å². The second kappa shape index (κ2) is 3.91. The number of hydrogen-bond donors (Lipinski definition) is 0. The Morgan fingerprint density at radius 1 is 1.50 bits per heavy atom. The zero-order valence-corrected chi connectivity index (χ0v) is 9.05. The van der Waals surface area contributed by atoms with Gasteiger partial charge in [0.2, 0.25) is 0 Å². The van der Waals surface area contributed by atoms with Crippen molar-refractivity contribution in [3.63, 3.8) is 0 Å². The standard InChI is InChI=1S/C9H10Cl2N2O/c10-7-8(11)12-5-13(9(7)14)4-6-2-1-3-6/h5-6H,1-4H2. The Bertz CT molecular complexity index is 398. The average molecular weight is 233 g/mol. The molecule has 0 aliphatic heterocycles. The van der Waals surface area contributed by atoms with E-state index in [9.17, 15) is 4.79 Å². The van der Waals surface area contributed by atoms with Crippen molar-refractivity contribution in [2.75, 3.05) is 0 Å². The number of halogens is 2. The SMILES string of the molecule is O=c1c(Cl)c(Cl)ncn1CC1CCC1. The summed E-state index contributed by atoms with van der Waals surface area (Å²) in [5, 5.41) is 0.106. The molecule has 0 spiro atoms. The van der Waals surface area contributed by atoms with E-state index in [1.807, 2.05) is 0 Å². The van der Waals surface area contributed by atoms with E-state index in [4.69, 9.17) is 23.2 Å². The van der Waals surface area contributed by atoms with E-state index in [0.29, 0.717) is 12.5 Å². The molecule has 0 amide bonds. The highest BCUT2D eigenvalue weighted by molar-refractivity contribution is 6.40. The second-order valence-electron chi connectivity index (χ2n) is 3.60. The van der Waals surface area contributed by atoms with E-state index in [2.05, 4.69) is 4.98 Å². The Balaban J connectivity index is 2.25. The summed E-state index contributed by atoms with van der Waals surface area (Å²) in [5.74, 6) is 0.603. The van der Waals surface area contributed by atoms with Crippen LogP contribution in [0.3, 0.4) is 0 Å². The quantitative estimate of drug-likeness (QED) is 0.735. The minimum atomic E-state index is -0.237. The molecule has 0 unspecified atom stereocenters. The highest BCUT2D eigenvalue weighted by Gasteiger charge is 2.19. The fraction of sp³-hybridized carbons (Fsp3) is 0.556. The molecule has 5 heteroatoms. The van der Waals surface area contributed by atoms with Gasteiger partial charge in [-0.3, -0.25) is 9.36 Å². The lowest BCUT2D eigenvalue weighted by molar-refractivity contribution is 0.272. The van der Waals surface area contributed by atoms with Crippen LogP contribution in [0.2, 0.25) is 10.2 Å². The van der Waals surface area contributed by atoms with Gasteiger partial charge in [-0.15, -0.1) is 0 Å². The van der Waals surface area contributed by atoms with E-state index in [0.717, 1.165) is 0 Å². The van der Waals surface area contributed by atoms with Crippen LogP contribution in [0.25, 0.3) is 0 Å². The Hall–Kier alpha value is -0.540. The van der Waals surface area contributed by atoms with Crippen molar-refractivity contribution in [2.24, 2.45) is 5.92 Å². The second-order valence-corrected chi connectivity index (χ2v) is 4.34. The van der Waals surface area contributed by atoms with Crippen molar-refractivity contribution in [3.05, 3.63) is 26.9 Å². The highest BCUT2D eigenvalue weighted by Crippen LogP contribution is 2.27. The first kappa shape index (κ1) is 9.99. The van der Waals surface area contributed by atoms with Gasteiger partial charge in [0.1, 0.15) is 5.02 Å². The monoisotopic (exact) mass is 232 g/mol. The molecule has 1 aromatic rings. The Labute approximate surface area is 91.7 Å². The van der Waals surface area contributed by atoms with Crippen molar-refractivity contribution in [1.29, 1.82) is 0 Å². The third-order valence-electron chi connectivity index (χ3n) is 2.62. The smallest absolute Gasteiger partial charge is 0.273 e. The predicted molar refractivity (Wildman–Crippen MR) is 55.9 cm³/mol. The average Bonchev–Trinajstić information content (AvgIpc) is 2.10. The largest absolute Gasteiger partial charge is 0.298 e. The van der Waals surface area contributed by atoms with Crippen LogP contribution < -0.4 is 5.56 Å². The van der Waals surface area contributed by atoms with Crippen LogP contribution >= 0.6 is 23.2 Å². The van der Waals surface area contributed by atoms with Gasteiger partial charge in [0.05, 0.1) is 6.33 Å². The van der Waals surface area contributed by atoms with Crippen LogP contribution in [-0.2, 0) is 6.54 Å². The van der Waals surface area contributed by atoms with E-state index in [-0.39, 0.29) is 15.7 Å². The summed E-state index contributed by atoms with van der Waals surface area (Å²) >= 11 is 11.3. The van der Waals surface area contributed by atoms with Crippen molar-refractivity contribution in [3.8, 4) is 0 Å². The predicted octanol–water partition coefficient (Wildman–Crippen LogP) is 2.35. The molecule has 3 nitrogen and oxygen atoms in total. The zero-order chi connectivity index (χ0) is 10.1. The van der Waals surface area contributed by atoms with Crippen LogP contribution in [-0.4, -0.2) is 9.55 Å². The summed E-state index contributed by atoms with van der Waals surface area (Å²) < 4.78 is 1.54. The maximum atomic E-state index is 11.6. The van der Waals surface area contributed by atoms with Crippen LogP contribution in [0.1, 0.15) is 19.3 Å². The molecule has 76 valence electrons. The molecule has 0 atom stereocenters. The Morgan fingerprint density at radius 2 is 2.21 bits per heavy atom. The van der Waals surface area contributed by atoms with Crippen molar-refractivity contribution in [2.45, 2.75) is 25.8 Å². The van der Waals surface area contributed by atoms with Crippen LogP contribution in [0.4, 0.5) is 0 Å². The lowest BCUT2D eigenvalue weighted by Crippen LogP contribution is -2.27. The van der Waals surface area contributed by atoms with Gasteiger partial charge >= 0.3 is 0 Å².